The van der Waals surface area contributed by atoms with Gasteiger partial charge in [-0.15, -0.1) is 0 Å². The van der Waals surface area contributed by atoms with Gasteiger partial charge in [-0.1, -0.05) is 30.3 Å². The number of rotatable bonds is 13. The van der Waals surface area contributed by atoms with Gasteiger partial charge in [0, 0.05) is 27.7 Å². The highest BCUT2D eigenvalue weighted by Crippen LogP contribution is 2.38. The fourth-order valence-electron chi connectivity index (χ4n) is 4.88. The number of carboxylic acids is 1. The maximum absolute atomic E-state index is 14.0. The molecule has 0 spiro atoms. The zero-order valence-corrected chi connectivity index (χ0v) is 26.6. The number of carboxylic acid groups (broad SMARTS) is 1. The lowest BCUT2D eigenvalue weighted by Gasteiger charge is -2.50. The van der Waals surface area contributed by atoms with Crippen LogP contribution in [0.2, 0.25) is 0 Å². The summed E-state index contributed by atoms with van der Waals surface area (Å²) < 4.78 is 33.4. The molecule has 1 unspecified atom stereocenters. The van der Waals surface area contributed by atoms with E-state index in [1.165, 1.54) is 12.1 Å². The number of hydrogen-bond donors (Lipinski definition) is 2. The number of amides is 1. The molecule has 1 aliphatic rings. The molecule has 1 aliphatic heterocycles. The minimum Gasteiger partial charge on any atom is -0.480 e. The van der Waals surface area contributed by atoms with Crippen LogP contribution in [0.25, 0.3) is 0 Å². The average Bonchev–Trinajstić information content (AvgIpc) is 2.90. The van der Waals surface area contributed by atoms with Crippen molar-refractivity contribution in [2.24, 2.45) is 5.73 Å². The molecule has 1 saturated heterocycles. The van der Waals surface area contributed by atoms with Crippen molar-refractivity contribution >= 4 is 41.7 Å². The molecule has 1 fully saturated rings. The summed E-state index contributed by atoms with van der Waals surface area (Å²) in [6.07, 6.45) is -9.31. The van der Waals surface area contributed by atoms with Crippen molar-refractivity contribution in [3.05, 3.63) is 35.9 Å². The summed E-state index contributed by atoms with van der Waals surface area (Å²) in [5.74, 6) is -7.29. The second-order valence-electron chi connectivity index (χ2n) is 11.4. The van der Waals surface area contributed by atoms with Crippen LogP contribution in [0.5, 0.6) is 0 Å². The van der Waals surface area contributed by atoms with Crippen LogP contribution >= 0.6 is 0 Å². The Labute approximate surface area is 265 Å². The highest BCUT2D eigenvalue weighted by Gasteiger charge is 2.57. The molecule has 254 valence electrons. The Morgan fingerprint density at radius 3 is 1.83 bits per heavy atom. The molecule has 0 aromatic heterocycles. The van der Waals surface area contributed by atoms with E-state index in [9.17, 15) is 38.7 Å². The third-order valence-electron chi connectivity index (χ3n) is 6.34. The molecule has 1 heterocycles. The van der Waals surface area contributed by atoms with Crippen LogP contribution in [0.15, 0.2) is 30.3 Å². The van der Waals surface area contributed by atoms with Crippen molar-refractivity contribution in [1.29, 1.82) is 0 Å². The number of benzene rings is 1. The molecule has 2 rings (SSSR count). The summed E-state index contributed by atoms with van der Waals surface area (Å²) in [6.45, 7) is 8.22. The number of nitrogens with zero attached hydrogens (tertiary/aromatic N) is 1. The van der Waals surface area contributed by atoms with Crippen molar-refractivity contribution in [2.75, 3.05) is 6.61 Å². The van der Waals surface area contributed by atoms with Crippen LogP contribution in [0.3, 0.4) is 0 Å². The number of ether oxygens (including phenoxy) is 6. The van der Waals surface area contributed by atoms with E-state index in [4.69, 9.17) is 34.2 Å². The first-order chi connectivity index (χ1) is 21.3. The lowest BCUT2D eigenvalue weighted by atomic mass is 9.93. The molecule has 46 heavy (non-hydrogen) atoms. The smallest absolute Gasteiger partial charge is 0.328 e. The first kappa shape index (κ1) is 37.6. The lowest BCUT2D eigenvalue weighted by molar-refractivity contribution is -0.287. The van der Waals surface area contributed by atoms with Gasteiger partial charge >= 0.3 is 35.8 Å². The Bertz CT molecular complexity index is 1290. The molecule has 1 aromatic rings. The van der Waals surface area contributed by atoms with Gasteiger partial charge in [0.25, 0.3) is 0 Å². The van der Waals surface area contributed by atoms with Gasteiger partial charge in [-0.2, -0.15) is 0 Å². The Morgan fingerprint density at radius 2 is 1.37 bits per heavy atom. The summed E-state index contributed by atoms with van der Waals surface area (Å²) in [4.78, 5) is 88.8. The van der Waals surface area contributed by atoms with Crippen LogP contribution < -0.4 is 5.73 Å². The molecule has 7 atom stereocenters. The Balaban J connectivity index is 3.01. The van der Waals surface area contributed by atoms with Crippen LogP contribution in [0, 0.1) is 0 Å². The molecule has 0 radical (unpaired) electrons. The summed E-state index contributed by atoms with van der Waals surface area (Å²) in [6, 6.07) is 4.08. The lowest BCUT2D eigenvalue weighted by Crippen LogP contribution is -2.69. The van der Waals surface area contributed by atoms with Gasteiger partial charge in [-0.05, 0) is 26.3 Å². The second-order valence-corrected chi connectivity index (χ2v) is 11.4. The third kappa shape index (κ3) is 10.8. The second kappa shape index (κ2) is 16.1. The summed E-state index contributed by atoms with van der Waals surface area (Å²) in [5, 5.41) is 10.4. The van der Waals surface area contributed by atoms with Crippen molar-refractivity contribution in [1.82, 2.24) is 4.90 Å². The van der Waals surface area contributed by atoms with Gasteiger partial charge < -0.3 is 39.3 Å². The normalized spacial score (nSPS) is 22.5. The maximum Gasteiger partial charge on any atom is 0.328 e. The number of nitrogens with two attached hydrogens (primary N) is 1. The standard InChI is InChI=1S/C30H40N2O14/c1-15(33)41-14-21-24(42-16(2)34)25(43-17(3)35)26(44-18(4)36)27(45-21)32(20(28(38)39)13-22(31)37)23(19-11-9-8-10-12-19)29(40)46-30(5,6)7/h8-12,20-21,23-27H,13-14H2,1-7H3,(H2,31,37)(H,38,39)/t20-,21+,23?,24+,25-,26+,27+/m0/s1. The maximum atomic E-state index is 14.0. The average molecular weight is 653 g/mol. The number of aliphatic carboxylic acids is 1. The Morgan fingerprint density at radius 1 is 0.848 bits per heavy atom. The predicted molar refractivity (Wildman–Crippen MR) is 154 cm³/mol. The van der Waals surface area contributed by atoms with Gasteiger partial charge in [-0.25, -0.2) is 9.69 Å². The van der Waals surface area contributed by atoms with Gasteiger partial charge in [-0.3, -0.25) is 28.8 Å². The van der Waals surface area contributed by atoms with E-state index in [-0.39, 0.29) is 5.56 Å². The molecular weight excluding hydrogens is 612 g/mol. The minimum absolute atomic E-state index is 0.167. The number of carbonyl (C=O) groups is 7. The summed E-state index contributed by atoms with van der Waals surface area (Å²) in [7, 11) is 0. The molecule has 3 N–H and O–H groups in total. The summed E-state index contributed by atoms with van der Waals surface area (Å²) >= 11 is 0. The Hall–Kier alpha value is -4.57. The van der Waals surface area contributed by atoms with Gasteiger partial charge in [0.1, 0.15) is 30.4 Å². The third-order valence-corrected chi connectivity index (χ3v) is 6.34. The van der Waals surface area contributed by atoms with E-state index >= 15 is 0 Å². The molecule has 16 nitrogen and oxygen atoms in total. The molecule has 0 aliphatic carbocycles. The molecule has 1 amide bonds. The number of carbonyl (C=O) groups excluding carboxylic acids is 6. The predicted octanol–water partition coefficient (Wildman–Crippen LogP) is 0.783. The van der Waals surface area contributed by atoms with Crippen LogP contribution in [0.1, 0.15) is 66.5 Å². The van der Waals surface area contributed by atoms with Crippen LogP contribution in [-0.4, -0.2) is 101 Å². The quantitative estimate of drug-likeness (QED) is 0.222. The fraction of sp³-hybridized carbons (Fsp3) is 0.567. The van der Waals surface area contributed by atoms with Crippen molar-refractivity contribution in [2.45, 2.75) is 103 Å². The summed E-state index contributed by atoms with van der Waals surface area (Å²) in [5.41, 5.74) is 4.52. The highest BCUT2D eigenvalue weighted by atomic mass is 16.7. The topological polar surface area (TPSA) is 224 Å². The molecule has 1 aromatic carbocycles. The van der Waals surface area contributed by atoms with Gasteiger partial charge in [0.05, 0.1) is 6.42 Å². The van der Waals surface area contributed by atoms with Crippen molar-refractivity contribution in [3.63, 3.8) is 0 Å². The largest absolute Gasteiger partial charge is 0.480 e. The first-order valence-electron chi connectivity index (χ1n) is 14.2. The SMILES string of the molecule is CC(=O)OC[C@H]1O[C@@H](N(C(C(=O)OC(C)(C)C)c2ccccc2)[C@@H](CC(N)=O)C(=O)O)[C@H](OC(C)=O)[C@@H](OC(C)=O)[C@@H]1OC(C)=O. The van der Waals surface area contributed by atoms with Crippen molar-refractivity contribution in [3.8, 4) is 0 Å². The monoisotopic (exact) mass is 652 g/mol. The van der Waals surface area contributed by atoms with E-state index in [1.54, 1.807) is 39.0 Å². The van der Waals surface area contributed by atoms with Gasteiger partial charge in [0.15, 0.2) is 24.5 Å². The van der Waals surface area contributed by atoms with Crippen LogP contribution in [0.4, 0.5) is 0 Å². The fourth-order valence-corrected chi connectivity index (χ4v) is 4.88. The number of esters is 5. The molecule has 0 saturated carbocycles. The van der Waals surface area contributed by atoms with E-state index in [2.05, 4.69) is 0 Å². The highest BCUT2D eigenvalue weighted by molar-refractivity contribution is 5.85. The zero-order chi connectivity index (χ0) is 34.9. The van der Waals surface area contributed by atoms with E-state index in [0.29, 0.717) is 0 Å². The van der Waals surface area contributed by atoms with Crippen LogP contribution in [-0.2, 0) is 62.0 Å². The number of hydrogen-bond acceptors (Lipinski definition) is 14. The van der Waals surface area contributed by atoms with Gasteiger partial charge in [0.2, 0.25) is 5.91 Å². The minimum atomic E-state index is -1.95. The molecule has 0 bridgehead atoms. The Kier molecular flexibility index (Phi) is 13.2. The van der Waals surface area contributed by atoms with Crippen molar-refractivity contribution < 1.29 is 67.1 Å². The first-order valence-corrected chi connectivity index (χ1v) is 14.2. The zero-order valence-electron chi connectivity index (χ0n) is 26.6. The van der Waals surface area contributed by atoms with E-state index in [0.717, 1.165) is 32.6 Å². The number of primary amides is 1. The van der Waals surface area contributed by atoms with E-state index in [1.807, 2.05) is 0 Å². The molecule has 16 heteroatoms. The van der Waals surface area contributed by atoms with E-state index < -0.39 is 103 Å². The molecular formula is C30H40N2O14.